The summed E-state index contributed by atoms with van der Waals surface area (Å²) < 4.78 is 45.9. The first-order valence-corrected chi connectivity index (χ1v) is 9.10. The molecule has 0 saturated carbocycles. The van der Waals surface area contributed by atoms with Gasteiger partial charge < -0.3 is 10.5 Å². The summed E-state index contributed by atoms with van der Waals surface area (Å²) in [6.45, 7) is 1.36. The minimum atomic E-state index is -4.46. The van der Waals surface area contributed by atoms with E-state index in [1.807, 2.05) is 0 Å². The van der Waals surface area contributed by atoms with E-state index in [0.29, 0.717) is 40.6 Å². The van der Waals surface area contributed by atoms with E-state index in [4.69, 9.17) is 10.5 Å². The Morgan fingerprint density at radius 2 is 2.18 bits per heavy atom. The van der Waals surface area contributed by atoms with Crippen LogP contribution >= 0.6 is 11.3 Å². The molecule has 1 unspecified atom stereocenters. The number of fused-ring (bicyclic) bond motifs is 3. The number of carbonyl (C=O) groups is 1. The molecule has 3 aromatic rings. The van der Waals surface area contributed by atoms with Gasteiger partial charge in [-0.3, -0.25) is 4.79 Å². The Morgan fingerprint density at radius 3 is 2.89 bits per heavy atom. The first-order chi connectivity index (χ1) is 13.3. The molecule has 146 valence electrons. The Hall–Kier alpha value is -2.95. The van der Waals surface area contributed by atoms with Crippen LogP contribution in [0.25, 0.3) is 22.1 Å². The highest BCUT2D eigenvalue weighted by atomic mass is 32.1. The van der Waals surface area contributed by atoms with Crippen molar-refractivity contribution in [3.8, 4) is 27.8 Å². The first kappa shape index (κ1) is 18.4. The van der Waals surface area contributed by atoms with Gasteiger partial charge in [-0.25, -0.2) is 14.6 Å². The van der Waals surface area contributed by atoms with Crippen LogP contribution in [0, 0.1) is 0 Å². The molecule has 2 aromatic heterocycles. The Bertz CT molecular complexity index is 1060. The number of nitrogens with two attached hydrogens (primary N) is 1. The van der Waals surface area contributed by atoms with Gasteiger partial charge in [-0.1, -0.05) is 0 Å². The van der Waals surface area contributed by atoms with E-state index < -0.39 is 18.1 Å². The lowest BCUT2D eigenvalue weighted by molar-refractivity contribution is -0.165. The Kier molecular flexibility index (Phi) is 4.33. The fraction of sp³-hybridized carbons (Fsp3) is 0.294. The van der Waals surface area contributed by atoms with Crippen LogP contribution in [0.5, 0.6) is 5.75 Å². The van der Waals surface area contributed by atoms with Gasteiger partial charge in [-0.05, 0) is 25.1 Å². The molecule has 1 aromatic carbocycles. The molecule has 0 bridgehead atoms. The van der Waals surface area contributed by atoms with Crippen LogP contribution in [0.4, 0.5) is 13.2 Å². The fourth-order valence-electron chi connectivity index (χ4n) is 2.90. The lowest BCUT2D eigenvalue weighted by Gasteiger charge is -2.16. The molecular formula is C17H14F3N5O2S. The largest absolute Gasteiger partial charge is 0.492 e. The minimum absolute atomic E-state index is 0.0547. The monoisotopic (exact) mass is 409 g/mol. The molecular weight excluding hydrogens is 395 g/mol. The topological polar surface area (TPSA) is 95.9 Å². The summed E-state index contributed by atoms with van der Waals surface area (Å²) in [6, 6.07) is 2.95. The highest BCUT2D eigenvalue weighted by molar-refractivity contribution is 7.15. The Balaban J connectivity index is 1.80. The predicted octanol–water partition coefficient (Wildman–Crippen LogP) is 3.23. The van der Waals surface area contributed by atoms with Crippen LogP contribution in [-0.4, -0.2) is 38.4 Å². The van der Waals surface area contributed by atoms with E-state index in [-0.39, 0.29) is 5.82 Å². The van der Waals surface area contributed by atoms with Crippen LogP contribution < -0.4 is 10.5 Å². The molecule has 11 heteroatoms. The molecule has 28 heavy (non-hydrogen) atoms. The minimum Gasteiger partial charge on any atom is -0.492 e. The zero-order chi connectivity index (χ0) is 20.1. The second kappa shape index (κ2) is 6.59. The molecule has 0 radical (unpaired) electrons. The van der Waals surface area contributed by atoms with Crippen molar-refractivity contribution in [2.24, 2.45) is 5.73 Å². The number of primary amides is 1. The summed E-state index contributed by atoms with van der Waals surface area (Å²) in [5, 5.41) is 4.07. The number of carbonyl (C=O) groups excluding carboxylic acids is 1. The van der Waals surface area contributed by atoms with Gasteiger partial charge in [0.1, 0.15) is 18.1 Å². The van der Waals surface area contributed by atoms with E-state index in [0.717, 1.165) is 22.8 Å². The summed E-state index contributed by atoms with van der Waals surface area (Å²) in [4.78, 5) is 20.8. The van der Waals surface area contributed by atoms with Crippen LogP contribution in [0.15, 0.2) is 24.5 Å². The van der Waals surface area contributed by atoms with E-state index in [9.17, 15) is 18.0 Å². The lowest BCUT2D eigenvalue weighted by Crippen LogP contribution is -2.25. The third-order valence-electron chi connectivity index (χ3n) is 4.41. The summed E-state index contributed by atoms with van der Waals surface area (Å²) in [6.07, 6.45) is -2.85. The summed E-state index contributed by atoms with van der Waals surface area (Å²) in [7, 11) is 0. The summed E-state index contributed by atoms with van der Waals surface area (Å²) in [5.41, 5.74) is 6.86. The van der Waals surface area contributed by atoms with Crippen molar-refractivity contribution >= 4 is 17.2 Å². The van der Waals surface area contributed by atoms with Gasteiger partial charge in [0.25, 0.3) is 0 Å². The standard InChI is InChI=1S/C17H14F3N5O2S/c1-8(17(18,19)20)25-15(22-7-23-25)16-24-13-10-3-2-9(14(21)26)6-11(10)27-5-4-12(13)28-16/h2-3,6-8H,4-5H2,1H3,(H2,21,26). The highest BCUT2D eigenvalue weighted by Gasteiger charge is 2.40. The van der Waals surface area contributed by atoms with Crippen LogP contribution in [-0.2, 0) is 6.42 Å². The number of hydrogen-bond donors (Lipinski definition) is 1. The Morgan fingerprint density at radius 1 is 1.39 bits per heavy atom. The number of alkyl halides is 3. The number of ether oxygens (including phenoxy) is 1. The van der Waals surface area contributed by atoms with Gasteiger partial charge in [-0.2, -0.15) is 18.3 Å². The molecule has 7 nitrogen and oxygen atoms in total. The molecule has 1 aliphatic rings. The second-order valence-electron chi connectivity index (χ2n) is 6.21. The van der Waals surface area contributed by atoms with Gasteiger partial charge >= 0.3 is 6.18 Å². The van der Waals surface area contributed by atoms with Gasteiger partial charge in [0, 0.05) is 22.4 Å². The van der Waals surface area contributed by atoms with E-state index >= 15 is 0 Å². The number of rotatable bonds is 3. The predicted molar refractivity (Wildman–Crippen MR) is 95.0 cm³/mol. The van der Waals surface area contributed by atoms with Crippen molar-refractivity contribution in [1.82, 2.24) is 19.7 Å². The van der Waals surface area contributed by atoms with Gasteiger partial charge in [0.2, 0.25) is 5.91 Å². The van der Waals surface area contributed by atoms with Gasteiger partial charge in [0.15, 0.2) is 10.8 Å². The number of nitrogens with zero attached hydrogens (tertiary/aromatic N) is 4. The molecule has 0 aliphatic carbocycles. The van der Waals surface area contributed by atoms with Crippen molar-refractivity contribution in [3.05, 3.63) is 35.0 Å². The van der Waals surface area contributed by atoms with Gasteiger partial charge in [-0.15, -0.1) is 11.3 Å². The molecule has 0 saturated heterocycles. The quantitative estimate of drug-likeness (QED) is 0.717. The number of hydrogen-bond acceptors (Lipinski definition) is 6. The van der Waals surface area contributed by atoms with Crippen LogP contribution in [0.1, 0.15) is 28.2 Å². The highest BCUT2D eigenvalue weighted by Crippen LogP contribution is 2.41. The molecule has 1 amide bonds. The van der Waals surface area contributed by atoms with E-state index in [1.54, 1.807) is 18.2 Å². The third-order valence-corrected chi connectivity index (χ3v) is 5.52. The zero-order valence-electron chi connectivity index (χ0n) is 14.5. The third kappa shape index (κ3) is 3.11. The first-order valence-electron chi connectivity index (χ1n) is 8.29. The smallest absolute Gasteiger partial charge is 0.410 e. The number of amides is 1. The summed E-state index contributed by atoms with van der Waals surface area (Å²) in [5.74, 6) is -0.0692. The summed E-state index contributed by atoms with van der Waals surface area (Å²) >= 11 is 1.25. The zero-order valence-corrected chi connectivity index (χ0v) is 15.3. The van der Waals surface area contributed by atoms with Gasteiger partial charge in [0.05, 0.1) is 12.3 Å². The maximum absolute atomic E-state index is 13.1. The van der Waals surface area contributed by atoms with Crippen molar-refractivity contribution < 1.29 is 22.7 Å². The number of benzene rings is 1. The molecule has 1 atom stereocenters. The number of halogens is 3. The normalized spacial score (nSPS) is 14.6. The van der Waals surface area contributed by atoms with E-state index in [2.05, 4.69) is 15.1 Å². The molecule has 1 aliphatic heterocycles. The van der Waals surface area contributed by atoms with Crippen LogP contribution in [0.3, 0.4) is 0 Å². The van der Waals surface area contributed by atoms with Crippen LogP contribution in [0.2, 0.25) is 0 Å². The van der Waals surface area contributed by atoms with E-state index in [1.165, 1.54) is 11.3 Å². The average Bonchev–Trinajstić information content (AvgIpc) is 3.23. The Labute approximate surface area is 161 Å². The molecule has 2 N–H and O–H groups in total. The molecule has 3 heterocycles. The number of aromatic nitrogens is 4. The molecule has 0 fully saturated rings. The fourth-order valence-corrected chi connectivity index (χ4v) is 3.94. The van der Waals surface area contributed by atoms with Crippen molar-refractivity contribution in [3.63, 3.8) is 0 Å². The van der Waals surface area contributed by atoms with Crippen molar-refractivity contribution in [2.45, 2.75) is 25.6 Å². The van der Waals surface area contributed by atoms with Crippen molar-refractivity contribution in [2.75, 3.05) is 6.61 Å². The lowest BCUT2D eigenvalue weighted by atomic mass is 10.1. The molecule has 4 rings (SSSR count). The second-order valence-corrected chi connectivity index (χ2v) is 7.29. The maximum Gasteiger partial charge on any atom is 0.410 e. The van der Waals surface area contributed by atoms with Crippen molar-refractivity contribution in [1.29, 1.82) is 0 Å². The average molecular weight is 409 g/mol. The SMILES string of the molecule is CC(n1ncnc1-c1nc2c(s1)CCOc1cc(C(N)=O)ccc1-2)C(F)(F)F. The molecule has 0 spiro atoms. The number of thiazole rings is 1. The maximum atomic E-state index is 13.1.